The number of aliphatic hydroxyl groups excluding tert-OH is 3. The van der Waals surface area contributed by atoms with Crippen molar-refractivity contribution in [1.29, 1.82) is 0 Å². The molecule has 1 fully saturated rings. The molecule has 0 aromatic rings. The van der Waals surface area contributed by atoms with Crippen LogP contribution >= 0.6 is 0 Å². The fourth-order valence-corrected chi connectivity index (χ4v) is 7.89. The van der Waals surface area contributed by atoms with Gasteiger partial charge in [0.05, 0.1) is 18.8 Å². The molecule has 1 saturated heterocycles. The Kier molecular flexibility index (Phi) is 31.3. The monoisotopic (exact) mass is 823 g/mol. The Hall–Kier alpha value is -2.05. The summed E-state index contributed by atoms with van der Waals surface area (Å²) in [6, 6.07) is -1.82. The first-order valence-corrected chi connectivity index (χ1v) is 23.9. The van der Waals surface area contributed by atoms with Crippen LogP contribution < -0.4 is 16.4 Å². The number of nitrogens with zero attached hydrogens (tertiary/aromatic N) is 1. The lowest BCUT2D eigenvalue weighted by molar-refractivity contribution is -0.280. The van der Waals surface area contributed by atoms with Crippen molar-refractivity contribution in [3.63, 3.8) is 0 Å². The van der Waals surface area contributed by atoms with Crippen molar-refractivity contribution in [3.05, 3.63) is 12.2 Å². The molecule has 0 radical (unpaired) electrons. The molecule has 340 valence electrons. The Balaban J connectivity index is 2.94. The number of nitrogens with two attached hydrogens (primary N) is 1. The van der Waals surface area contributed by atoms with Crippen molar-refractivity contribution < 1.29 is 34.4 Å². The Morgan fingerprint density at radius 3 is 1.67 bits per heavy atom. The van der Waals surface area contributed by atoms with Crippen LogP contribution in [0.1, 0.15) is 214 Å². The second-order valence-corrected chi connectivity index (χ2v) is 17.6. The predicted octanol–water partition coefficient (Wildman–Crippen LogP) is 8.70. The summed E-state index contributed by atoms with van der Waals surface area (Å²) in [5.41, 5.74) is 6.09. The van der Waals surface area contributed by atoms with Gasteiger partial charge in [-0.15, -0.1) is 0 Å². The van der Waals surface area contributed by atoms with Gasteiger partial charge in [0.15, 0.2) is 0 Å². The lowest BCUT2D eigenvalue weighted by atomic mass is 9.96. The largest absolute Gasteiger partial charge is 0.394 e. The normalized spacial score (nSPS) is 20.7. The fraction of sp³-hybridized carbons (Fsp3) is 0.894. The van der Waals surface area contributed by atoms with Crippen molar-refractivity contribution in [2.75, 3.05) is 13.2 Å². The van der Waals surface area contributed by atoms with Crippen LogP contribution in [0, 0.1) is 5.92 Å². The van der Waals surface area contributed by atoms with Gasteiger partial charge < -0.3 is 36.4 Å². The van der Waals surface area contributed by atoms with Crippen LogP contribution in [0.3, 0.4) is 0 Å². The van der Waals surface area contributed by atoms with Crippen molar-refractivity contribution in [2.45, 2.75) is 251 Å². The molecule has 0 aromatic heterocycles. The van der Waals surface area contributed by atoms with E-state index in [0.29, 0.717) is 19.3 Å². The SMILES string of the molecule is CCCCCCCC/C=C\CCCCCCCC(=O)N(CCCCCCCCCCCCCC)[C@@]1(NC(=O)[C@H](C)NC(=O)[C@@H](N)CC(C)C)C[C@@H](O)[C@H](O)[C@@H](CO)O1. The van der Waals surface area contributed by atoms with Crippen molar-refractivity contribution in [3.8, 4) is 0 Å². The predicted molar refractivity (Wildman–Crippen MR) is 237 cm³/mol. The molecule has 6 atom stereocenters. The maximum atomic E-state index is 14.2. The zero-order valence-corrected chi connectivity index (χ0v) is 37.8. The van der Waals surface area contributed by atoms with Gasteiger partial charge in [0.1, 0.15) is 18.2 Å². The highest BCUT2D eigenvalue weighted by Crippen LogP contribution is 2.33. The van der Waals surface area contributed by atoms with Gasteiger partial charge in [-0.1, -0.05) is 162 Å². The molecule has 0 unspecified atom stereocenters. The number of aliphatic hydroxyl groups is 3. The van der Waals surface area contributed by atoms with Crippen LogP contribution in [0.4, 0.5) is 0 Å². The van der Waals surface area contributed by atoms with Crippen molar-refractivity contribution >= 4 is 17.7 Å². The number of carbonyl (C=O) groups is 3. The zero-order valence-electron chi connectivity index (χ0n) is 37.8. The molecular weight excluding hydrogens is 733 g/mol. The van der Waals surface area contributed by atoms with E-state index in [4.69, 9.17) is 10.5 Å². The van der Waals surface area contributed by atoms with E-state index in [0.717, 1.165) is 57.8 Å². The van der Waals surface area contributed by atoms with E-state index < -0.39 is 54.7 Å². The quantitative estimate of drug-likeness (QED) is 0.0207. The molecule has 1 heterocycles. The summed E-state index contributed by atoms with van der Waals surface area (Å²) in [7, 11) is 0. The highest BCUT2D eigenvalue weighted by atomic mass is 16.6. The van der Waals surface area contributed by atoms with E-state index in [1.807, 2.05) is 13.8 Å². The second-order valence-electron chi connectivity index (χ2n) is 17.6. The average molecular weight is 823 g/mol. The third kappa shape index (κ3) is 23.7. The molecule has 1 aliphatic rings. The van der Waals surface area contributed by atoms with Crippen molar-refractivity contribution in [2.24, 2.45) is 11.7 Å². The number of nitrogens with one attached hydrogen (secondary N) is 2. The minimum Gasteiger partial charge on any atom is -0.394 e. The second kappa shape index (κ2) is 33.6. The first-order chi connectivity index (χ1) is 27.9. The average Bonchev–Trinajstić information content (AvgIpc) is 3.19. The van der Waals surface area contributed by atoms with Crippen LogP contribution in [-0.4, -0.2) is 87.3 Å². The Labute approximate surface area is 354 Å². The zero-order chi connectivity index (χ0) is 43.0. The molecule has 11 heteroatoms. The lowest BCUT2D eigenvalue weighted by Gasteiger charge is -2.51. The molecule has 11 nitrogen and oxygen atoms in total. The first kappa shape index (κ1) is 54.0. The first-order valence-electron chi connectivity index (χ1n) is 23.9. The Morgan fingerprint density at radius 1 is 0.724 bits per heavy atom. The van der Waals surface area contributed by atoms with E-state index >= 15 is 0 Å². The lowest BCUT2D eigenvalue weighted by Crippen LogP contribution is -2.72. The van der Waals surface area contributed by atoms with Crippen LogP contribution in [0.15, 0.2) is 12.2 Å². The fourth-order valence-electron chi connectivity index (χ4n) is 7.89. The van der Waals surface area contributed by atoms with Gasteiger partial charge in [-0.2, -0.15) is 0 Å². The molecule has 7 N–H and O–H groups in total. The smallest absolute Gasteiger partial charge is 0.245 e. The standard InChI is InChI=1S/C47H90N4O7/c1-6-8-10-12-14-16-18-20-21-22-23-25-27-29-31-33-43(54)51(34-32-30-28-26-24-19-17-15-13-11-9-7-2)47(36-41(53)44(55)42(37-52)58-47)50-45(56)39(5)49-46(57)40(48)35-38(3)4/h20-21,38-42,44,52-53,55H,6-19,22-37,48H2,1-5H3,(H,49,57)(H,50,56)/b21-20-/t39-,40-,41+,42+,44-,47-/m0/s1. The van der Waals surface area contributed by atoms with E-state index in [1.54, 1.807) is 0 Å². The number of hydrogen-bond donors (Lipinski definition) is 6. The molecular formula is C47H90N4O7. The summed E-state index contributed by atoms with van der Waals surface area (Å²) in [5.74, 6) is -2.96. The maximum Gasteiger partial charge on any atom is 0.245 e. The van der Waals surface area contributed by atoms with Crippen LogP contribution in [-0.2, 0) is 19.1 Å². The van der Waals surface area contributed by atoms with E-state index in [-0.39, 0.29) is 31.2 Å². The summed E-state index contributed by atoms with van der Waals surface area (Å²) >= 11 is 0. The highest BCUT2D eigenvalue weighted by Gasteiger charge is 2.52. The summed E-state index contributed by atoms with van der Waals surface area (Å²) in [6.07, 6.45) is 29.8. The van der Waals surface area contributed by atoms with Crippen LogP contribution in [0.5, 0.6) is 0 Å². The molecule has 58 heavy (non-hydrogen) atoms. The number of hydrogen-bond acceptors (Lipinski definition) is 8. The minimum absolute atomic E-state index is 0.189. The molecule has 0 spiro atoms. The summed E-state index contributed by atoms with van der Waals surface area (Å²) < 4.78 is 6.27. The summed E-state index contributed by atoms with van der Waals surface area (Å²) in [4.78, 5) is 42.3. The van der Waals surface area contributed by atoms with Gasteiger partial charge in [0, 0.05) is 19.4 Å². The summed E-state index contributed by atoms with van der Waals surface area (Å²) in [5, 5.41) is 37.5. The number of carbonyl (C=O) groups excluding carboxylic acids is 3. The molecule has 0 aliphatic carbocycles. The van der Waals surface area contributed by atoms with Crippen LogP contribution in [0.2, 0.25) is 0 Å². The number of allylic oxidation sites excluding steroid dienone is 2. The number of ether oxygens (including phenoxy) is 1. The van der Waals surface area contributed by atoms with E-state index in [9.17, 15) is 29.7 Å². The molecule has 3 amide bonds. The molecule has 0 aromatic carbocycles. The summed E-state index contributed by atoms with van der Waals surface area (Å²) in [6.45, 7) is 9.58. The molecule has 1 aliphatic heterocycles. The number of amides is 3. The van der Waals surface area contributed by atoms with Crippen molar-refractivity contribution in [1.82, 2.24) is 15.5 Å². The van der Waals surface area contributed by atoms with Gasteiger partial charge in [0.2, 0.25) is 23.6 Å². The third-order valence-corrected chi connectivity index (χ3v) is 11.5. The van der Waals surface area contributed by atoms with Gasteiger partial charge >= 0.3 is 0 Å². The minimum atomic E-state index is -1.83. The van der Waals surface area contributed by atoms with Gasteiger partial charge in [-0.25, -0.2) is 0 Å². The highest BCUT2D eigenvalue weighted by molar-refractivity contribution is 5.90. The number of unbranched alkanes of at least 4 members (excludes halogenated alkanes) is 22. The van der Waals surface area contributed by atoms with Crippen LogP contribution in [0.25, 0.3) is 0 Å². The van der Waals surface area contributed by atoms with Gasteiger partial charge in [-0.05, 0) is 57.8 Å². The Bertz CT molecular complexity index is 1090. The Morgan fingerprint density at radius 2 is 1.19 bits per heavy atom. The molecule has 1 rings (SSSR count). The number of rotatable bonds is 36. The van der Waals surface area contributed by atoms with E-state index in [1.165, 1.54) is 102 Å². The van der Waals surface area contributed by atoms with E-state index in [2.05, 4.69) is 36.6 Å². The molecule has 0 bridgehead atoms. The third-order valence-electron chi connectivity index (χ3n) is 11.5. The topological polar surface area (TPSA) is 174 Å². The maximum absolute atomic E-state index is 14.2. The van der Waals surface area contributed by atoms with Gasteiger partial charge in [-0.3, -0.25) is 19.3 Å². The van der Waals surface area contributed by atoms with Gasteiger partial charge in [0.25, 0.3) is 0 Å². The molecule has 0 saturated carbocycles.